The van der Waals surface area contributed by atoms with Gasteiger partial charge in [-0.25, -0.2) is 4.98 Å². The van der Waals surface area contributed by atoms with Gasteiger partial charge in [0.05, 0.1) is 20.5 Å². The van der Waals surface area contributed by atoms with Crippen molar-refractivity contribution in [2.75, 3.05) is 5.32 Å². The number of benzene rings is 1. The number of anilines is 1. The van der Waals surface area contributed by atoms with Crippen LogP contribution in [0.3, 0.4) is 0 Å². The van der Waals surface area contributed by atoms with Gasteiger partial charge in [-0.1, -0.05) is 12.1 Å². The molecule has 0 aliphatic carbocycles. The Morgan fingerprint density at radius 2 is 1.74 bits per heavy atom. The lowest BCUT2D eigenvalue weighted by Gasteiger charge is -2.04. The predicted octanol–water partition coefficient (Wildman–Crippen LogP) is 4.63. The fraction of sp³-hybridized carbons (Fsp3) is 0.118. The number of carbonyl (C=O) groups excluding carboxylic acids is 2. The summed E-state index contributed by atoms with van der Waals surface area (Å²) >= 11 is 2.81. The third-order valence-corrected chi connectivity index (χ3v) is 5.19. The number of hydrogen-bond acceptors (Lipinski definition) is 5. The first-order valence-corrected chi connectivity index (χ1v) is 8.67. The summed E-state index contributed by atoms with van der Waals surface area (Å²) < 4.78 is 0. The average molecular weight is 342 g/mol. The van der Waals surface area contributed by atoms with Gasteiger partial charge in [0.1, 0.15) is 0 Å². The number of nitrogens with zero attached hydrogens (tertiary/aromatic N) is 1. The van der Waals surface area contributed by atoms with E-state index in [0.29, 0.717) is 15.4 Å². The van der Waals surface area contributed by atoms with Crippen molar-refractivity contribution in [3.05, 3.63) is 56.5 Å². The highest BCUT2D eigenvalue weighted by Crippen LogP contribution is 2.24. The molecule has 0 radical (unpaired) electrons. The first-order chi connectivity index (χ1) is 11.0. The molecule has 2 aromatic heterocycles. The Bertz CT molecular complexity index is 863. The highest BCUT2D eigenvalue weighted by atomic mass is 32.1. The lowest BCUT2D eigenvalue weighted by Crippen LogP contribution is -2.09. The summed E-state index contributed by atoms with van der Waals surface area (Å²) in [6.45, 7) is 3.46. The van der Waals surface area contributed by atoms with Gasteiger partial charge in [0.25, 0.3) is 5.91 Å². The lowest BCUT2D eigenvalue weighted by molar-refractivity contribution is 0.101. The second-order valence-corrected chi connectivity index (χ2v) is 7.15. The van der Waals surface area contributed by atoms with Gasteiger partial charge in [-0.05, 0) is 38.1 Å². The van der Waals surface area contributed by atoms with Crippen molar-refractivity contribution in [1.82, 2.24) is 4.98 Å². The van der Waals surface area contributed by atoms with E-state index >= 15 is 0 Å². The maximum Gasteiger partial charge on any atom is 0.265 e. The van der Waals surface area contributed by atoms with Crippen LogP contribution in [0.25, 0.3) is 11.3 Å². The van der Waals surface area contributed by atoms with Crippen molar-refractivity contribution < 1.29 is 9.59 Å². The molecular weight excluding hydrogens is 328 g/mol. The Labute approximate surface area is 141 Å². The van der Waals surface area contributed by atoms with E-state index in [4.69, 9.17) is 0 Å². The van der Waals surface area contributed by atoms with Gasteiger partial charge >= 0.3 is 0 Å². The topological polar surface area (TPSA) is 59.1 Å². The van der Waals surface area contributed by atoms with E-state index in [2.05, 4.69) is 10.3 Å². The molecule has 23 heavy (non-hydrogen) atoms. The fourth-order valence-electron chi connectivity index (χ4n) is 2.06. The van der Waals surface area contributed by atoms with Gasteiger partial charge < -0.3 is 5.32 Å². The first kappa shape index (κ1) is 15.6. The number of thiophene rings is 1. The molecule has 6 heteroatoms. The summed E-state index contributed by atoms with van der Waals surface area (Å²) in [5.74, 6) is -0.239. The molecule has 0 fully saturated rings. The number of amides is 1. The number of aryl methyl sites for hydroxylation is 1. The van der Waals surface area contributed by atoms with Gasteiger partial charge in [0.2, 0.25) is 0 Å². The summed E-state index contributed by atoms with van der Waals surface area (Å²) in [5, 5.41) is 5.87. The van der Waals surface area contributed by atoms with Crippen LogP contribution in [0.15, 0.2) is 41.8 Å². The Balaban J connectivity index is 1.72. The second-order valence-electron chi connectivity index (χ2n) is 5.00. The molecule has 0 bridgehead atoms. The molecular formula is C17H14N2O2S2. The molecule has 1 N–H and O–H groups in total. The molecule has 4 nitrogen and oxygen atoms in total. The lowest BCUT2D eigenvalue weighted by atomic mass is 10.1. The largest absolute Gasteiger partial charge is 0.321 e. The van der Waals surface area contributed by atoms with E-state index in [-0.39, 0.29) is 11.7 Å². The minimum absolute atomic E-state index is 0.0306. The SMILES string of the molecule is CC(=O)c1ccc(C(=O)Nc2ccc(-c3csc(C)n3)cc2)s1. The van der Waals surface area contributed by atoms with Crippen LogP contribution >= 0.6 is 22.7 Å². The van der Waals surface area contributed by atoms with Crippen molar-refractivity contribution in [3.8, 4) is 11.3 Å². The van der Waals surface area contributed by atoms with Crippen molar-refractivity contribution >= 4 is 40.1 Å². The molecule has 3 rings (SSSR count). The number of Topliss-reactive ketones (excluding diaryl/α,β-unsaturated/α-hetero) is 1. The van der Waals surface area contributed by atoms with Crippen LogP contribution in [-0.4, -0.2) is 16.7 Å². The minimum atomic E-state index is -0.209. The number of aromatic nitrogens is 1. The normalized spacial score (nSPS) is 10.5. The van der Waals surface area contributed by atoms with E-state index in [1.54, 1.807) is 23.5 Å². The average Bonchev–Trinajstić information content (AvgIpc) is 3.17. The standard InChI is InChI=1S/C17H14N2O2S2/c1-10(20)15-7-8-16(23-15)17(21)19-13-5-3-12(4-6-13)14-9-22-11(2)18-14/h3-9H,1-2H3,(H,19,21). The summed E-state index contributed by atoms with van der Waals surface area (Å²) in [4.78, 5) is 29.0. The van der Waals surface area contributed by atoms with Gasteiger partial charge in [-0.2, -0.15) is 0 Å². The van der Waals surface area contributed by atoms with E-state index in [1.807, 2.05) is 36.6 Å². The first-order valence-electron chi connectivity index (χ1n) is 6.97. The van der Waals surface area contributed by atoms with Crippen LogP contribution in [0.2, 0.25) is 0 Å². The number of carbonyl (C=O) groups is 2. The summed E-state index contributed by atoms with van der Waals surface area (Å²) in [6, 6.07) is 10.9. The molecule has 0 atom stereocenters. The van der Waals surface area contributed by atoms with E-state index < -0.39 is 0 Å². The van der Waals surface area contributed by atoms with Crippen molar-refractivity contribution in [3.63, 3.8) is 0 Å². The monoisotopic (exact) mass is 342 g/mol. The van der Waals surface area contributed by atoms with Gasteiger partial charge in [-0.15, -0.1) is 22.7 Å². The number of rotatable bonds is 4. The molecule has 116 valence electrons. The Morgan fingerprint density at radius 1 is 1.04 bits per heavy atom. The van der Waals surface area contributed by atoms with E-state index in [0.717, 1.165) is 16.3 Å². The van der Waals surface area contributed by atoms with Crippen LogP contribution in [-0.2, 0) is 0 Å². The highest BCUT2D eigenvalue weighted by molar-refractivity contribution is 7.16. The van der Waals surface area contributed by atoms with Crippen molar-refractivity contribution in [2.24, 2.45) is 0 Å². The van der Waals surface area contributed by atoms with Crippen LogP contribution in [0.4, 0.5) is 5.69 Å². The van der Waals surface area contributed by atoms with E-state index in [9.17, 15) is 9.59 Å². The predicted molar refractivity (Wildman–Crippen MR) is 94.6 cm³/mol. The highest BCUT2D eigenvalue weighted by Gasteiger charge is 2.11. The third-order valence-electron chi connectivity index (χ3n) is 3.23. The Morgan fingerprint density at radius 3 is 2.30 bits per heavy atom. The smallest absolute Gasteiger partial charge is 0.265 e. The van der Waals surface area contributed by atoms with Crippen LogP contribution in [0.1, 0.15) is 31.3 Å². The van der Waals surface area contributed by atoms with Crippen LogP contribution in [0.5, 0.6) is 0 Å². The molecule has 0 unspecified atom stereocenters. The number of ketones is 1. The Hall–Kier alpha value is -2.31. The zero-order valence-corrected chi connectivity index (χ0v) is 14.3. The third kappa shape index (κ3) is 3.55. The second kappa shape index (κ2) is 6.44. The van der Waals surface area contributed by atoms with Gasteiger partial charge in [0, 0.05) is 16.6 Å². The maximum atomic E-state index is 12.2. The zero-order valence-electron chi connectivity index (χ0n) is 12.6. The molecule has 0 aliphatic heterocycles. The molecule has 0 saturated carbocycles. The van der Waals surface area contributed by atoms with Crippen molar-refractivity contribution in [1.29, 1.82) is 0 Å². The molecule has 3 aromatic rings. The van der Waals surface area contributed by atoms with Gasteiger partial charge in [-0.3, -0.25) is 9.59 Å². The Kier molecular flexibility index (Phi) is 4.36. The molecule has 0 spiro atoms. The minimum Gasteiger partial charge on any atom is -0.321 e. The molecule has 2 heterocycles. The molecule has 0 aliphatic rings. The number of thiazole rings is 1. The summed E-state index contributed by atoms with van der Waals surface area (Å²) in [5.41, 5.74) is 2.67. The zero-order chi connectivity index (χ0) is 16.4. The summed E-state index contributed by atoms with van der Waals surface area (Å²) in [6.07, 6.45) is 0. The number of hydrogen-bond donors (Lipinski definition) is 1. The number of nitrogens with one attached hydrogen (secondary N) is 1. The van der Waals surface area contributed by atoms with Crippen LogP contribution < -0.4 is 5.32 Å². The van der Waals surface area contributed by atoms with Crippen LogP contribution in [0, 0.1) is 6.92 Å². The fourth-order valence-corrected chi connectivity index (χ4v) is 3.48. The molecule has 1 amide bonds. The van der Waals surface area contributed by atoms with E-state index in [1.165, 1.54) is 18.3 Å². The van der Waals surface area contributed by atoms with Crippen molar-refractivity contribution in [2.45, 2.75) is 13.8 Å². The summed E-state index contributed by atoms with van der Waals surface area (Å²) in [7, 11) is 0. The maximum absolute atomic E-state index is 12.2. The molecule has 0 saturated heterocycles. The molecule has 1 aromatic carbocycles. The quantitative estimate of drug-likeness (QED) is 0.703. The van der Waals surface area contributed by atoms with Gasteiger partial charge in [0.15, 0.2) is 5.78 Å².